The Hall–Kier alpha value is -1.98. The summed E-state index contributed by atoms with van der Waals surface area (Å²) in [6.07, 6.45) is 0. The second-order valence-corrected chi connectivity index (χ2v) is 5.00. The number of amides is 1. The number of nitrogens with one attached hydrogen (secondary N) is 2. The molecular weight excluding hydrogens is 256 g/mol. The van der Waals surface area contributed by atoms with Crippen molar-refractivity contribution in [1.82, 2.24) is 10.6 Å². The molecule has 0 fully saturated rings. The maximum Gasteiger partial charge on any atom is 0.284 e. The van der Waals surface area contributed by atoms with Crippen molar-refractivity contribution in [2.75, 3.05) is 6.54 Å². The maximum atomic E-state index is 10.9. The minimum absolute atomic E-state index is 0.156. The number of nitrogens with zero attached hydrogens (tertiary/aromatic N) is 1. The van der Waals surface area contributed by atoms with Gasteiger partial charge in [-0.3, -0.25) is 4.79 Å². The van der Waals surface area contributed by atoms with Crippen LogP contribution in [0.15, 0.2) is 21.5 Å². The zero-order valence-corrected chi connectivity index (χ0v) is 12.6. The van der Waals surface area contributed by atoms with E-state index in [1.165, 1.54) is 0 Å². The summed E-state index contributed by atoms with van der Waals surface area (Å²) < 4.78 is 5.29. The highest BCUT2D eigenvalue weighted by atomic mass is 16.3. The van der Waals surface area contributed by atoms with Crippen LogP contribution in [0.1, 0.15) is 44.0 Å². The number of guanidine groups is 1. The molecule has 0 spiro atoms. The van der Waals surface area contributed by atoms with Gasteiger partial charge in [-0.25, -0.2) is 4.99 Å². The van der Waals surface area contributed by atoms with E-state index in [1.807, 2.05) is 6.92 Å². The van der Waals surface area contributed by atoms with Crippen molar-refractivity contribution in [1.29, 1.82) is 0 Å². The van der Waals surface area contributed by atoms with Crippen molar-refractivity contribution in [3.63, 3.8) is 0 Å². The first-order chi connectivity index (χ1) is 9.43. The summed E-state index contributed by atoms with van der Waals surface area (Å²) in [5.41, 5.74) is 5.14. The van der Waals surface area contributed by atoms with E-state index in [-0.39, 0.29) is 5.76 Å². The standard InChI is InChI=1S/C14H24N4O2/c1-5-16-14(18-10(4)9(2)3)17-8-11-6-7-12(20-11)13(15)19/h6-7,9-10H,5,8H2,1-4H3,(H2,15,19)(H2,16,17,18). The zero-order valence-electron chi connectivity index (χ0n) is 12.6. The van der Waals surface area contributed by atoms with Crippen LogP contribution in [-0.2, 0) is 6.54 Å². The molecule has 0 saturated heterocycles. The molecule has 20 heavy (non-hydrogen) atoms. The molecule has 0 aromatic carbocycles. The van der Waals surface area contributed by atoms with Crippen molar-refractivity contribution in [2.45, 2.75) is 40.3 Å². The lowest BCUT2D eigenvalue weighted by Gasteiger charge is -2.20. The van der Waals surface area contributed by atoms with Gasteiger partial charge >= 0.3 is 0 Å². The van der Waals surface area contributed by atoms with Crippen LogP contribution in [0.25, 0.3) is 0 Å². The van der Waals surface area contributed by atoms with Gasteiger partial charge < -0.3 is 20.8 Å². The van der Waals surface area contributed by atoms with Crippen LogP contribution in [0, 0.1) is 5.92 Å². The number of primary amides is 1. The van der Waals surface area contributed by atoms with Crippen molar-refractivity contribution in [3.8, 4) is 0 Å². The van der Waals surface area contributed by atoms with E-state index in [2.05, 4.69) is 36.4 Å². The third-order valence-corrected chi connectivity index (χ3v) is 3.01. The van der Waals surface area contributed by atoms with E-state index in [1.54, 1.807) is 12.1 Å². The highest BCUT2D eigenvalue weighted by molar-refractivity contribution is 5.89. The number of hydrogen-bond donors (Lipinski definition) is 3. The predicted octanol–water partition coefficient (Wildman–Crippen LogP) is 1.48. The number of rotatable bonds is 6. The topological polar surface area (TPSA) is 92.6 Å². The van der Waals surface area contributed by atoms with Gasteiger partial charge in [-0.05, 0) is 31.9 Å². The summed E-state index contributed by atoms with van der Waals surface area (Å²) in [4.78, 5) is 15.4. The first-order valence-corrected chi connectivity index (χ1v) is 6.87. The Morgan fingerprint density at radius 3 is 2.60 bits per heavy atom. The van der Waals surface area contributed by atoms with Crippen molar-refractivity contribution in [3.05, 3.63) is 23.7 Å². The number of furan rings is 1. The third kappa shape index (κ3) is 4.95. The lowest BCUT2D eigenvalue weighted by atomic mass is 10.1. The highest BCUT2D eigenvalue weighted by Gasteiger charge is 2.10. The largest absolute Gasteiger partial charge is 0.454 e. The van der Waals surface area contributed by atoms with Gasteiger partial charge in [-0.15, -0.1) is 0 Å². The monoisotopic (exact) mass is 280 g/mol. The molecule has 1 rings (SSSR count). The molecule has 1 amide bonds. The summed E-state index contributed by atoms with van der Waals surface area (Å²) in [5, 5.41) is 6.50. The van der Waals surface area contributed by atoms with Gasteiger partial charge in [0.25, 0.3) is 5.91 Å². The normalized spacial score (nSPS) is 13.3. The molecule has 0 aliphatic carbocycles. The molecule has 6 nitrogen and oxygen atoms in total. The van der Waals surface area contributed by atoms with E-state index in [0.717, 1.165) is 12.5 Å². The van der Waals surface area contributed by atoms with Crippen LogP contribution in [0.2, 0.25) is 0 Å². The maximum absolute atomic E-state index is 10.9. The van der Waals surface area contributed by atoms with E-state index in [4.69, 9.17) is 10.2 Å². The van der Waals surface area contributed by atoms with Crippen LogP contribution in [0.4, 0.5) is 0 Å². The summed E-state index contributed by atoms with van der Waals surface area (Å²) in [5.74, 6) is 1.42. The van der Waals surface area contributed by atoms with Gasteiger partial charge in [0.2, 0.25) is 0 Å². The van der Waals surface area contributed by atoms with Crippen molar-refractivity contribution < 1.29 is 9.21 Å². The molecule has 1 aromatic heterocycles. The molecular formula is C14H24N4O2. The van der Waals surface area contributed by atoms with Crippen LogP contribution in [0.3, 0.4) is 0 Å². The molecule has 1 unspecified atom stereocenters. The molecule has 0 aliphatic rings. The second kappa shape index (κ2) is 7.57. The molecule has 6 heteroatoms. The predicted molar refractivity (Wildman–Crippen MR) is 79.5 cm³/mol. The minimum atomic E-state index is -0.571. The van der Waals surface area contributed by atoms with Gasteiger partial charge in [-0.2, -0.15) is 0 Å². The molecule has 0 aliphatic heterocycles. The molecule has 1 atom stereocenters. The number of carbonyl (C=O) groups excluding carboxylic acids is 1. The average molecular weight is 280 g/mol. The fraction of sp³-hybridized carbons (Fsp3) is 0.571. The van der Waals surface area contributed by atoms with E-state index in [9.17, 15) is 4.79 Å². The first kappa shape index (κ1) is 16.1. The lowest BCUT2D eigenvalue weighted by molar-refractivity contribution is 0.0972. The number of carbonyl (C=O) groups is 1. The van der Waals surface area contributed by atoms with Crippen LogP contribution < -0.4 is 16.4 Å². The molecule has 0 saturated carbocycles. The fourth-order valence-corrected chi connectivity index (χ4v) is 1.45. The van der Waals surface area contributed by atoms with Gasteiger partial charge in [0.15, 0.2) is 11.7 Å². The average Bonchev–Trinajstić information content (AvgIpc) is 2.85. The van der Waals surface area contributed by atoms with Crippen LogP contribution in [0.5, 0.6) is 0 Å². The van der Waals surface area contributed by atoms with Crippen LogP contribution in [-0.4, -0.2) is 24.5 Å². The Labute approximate surface area is 119 Å². The summed E-state index contributed by atoms with van der Waals surface area (Å²) in [7, 11) is 0. The number of aliphatic imine (C=N–C) groups is 1. The molecule has 1 aromatic rings. The molecule has 4 N–H and O–H groups in total. The quantitative estimate of drug-likeness (QED) is 0.543. The van der Waals surface area contributed by atoms with Crippen molar-refractivity contribution in [2.24, 2.45) is 16.6 Å². The van der Waals surface area contributed by atoms with Gasteiger partial charge in [0, 0.05) is 12.6 Å². The third-order valence-electron chi connectivity index (χ3n) is 3.01. The molecule has 1 heterocycles. The zero-order chi connectivity index (χ0) is 15.1. The SMILES string of the molecule is CCNC(=NCc1ccc(C(N)=O)o1)NC(C)C(C)C. The van der Waals surface area contributed by atoms with E-state index in [0.29, 0.717) is 24.3 Å². The van der Waals surface area contributed by atoms with Gasteiger partial charge in [0.05, 0.1) is 0 Å². The first-order valence-electron chi connectivity index (χ1n) is 6.87. The highest BCUT2D eigenvalue weighted by Crippen LogP contribution is 2.08. The van der Waals surface area contributed by atoms with Crippen LogP contribution >= 0.6 is 0 Å². The molecule has 0 radical (unpaired) electrons. The number of nitrogens with two attached hydrogens (primary N) is 1. The summed E-state index contributed by atoms with van der Waals surface area (Å²) in [6, 6.07) is 3.58. The number of hydrogen-bond acceptors (Lipinski definition) is 3. The lowest BCUT2D eigenvalue weighted by Crippen LogP contribution is -2.44. The molecule has 0 bridgehead atoms. The Morgan fingerprint density at radius 2 is 2.10 bits per heavy atom. The Kier molecular flexibility index (Phi) is 6.09. The Morgan fingerprint density at radius 1 is 1.40 bits per heavy atom. The van der Waals surface area contributed by atoms with Gasteiger partial charge in [0.1, 0.15) is 12.3 Å². The second-order valence-electron chi connectivity index (χ2n) is 5.00. The van der Waals surface area contributed by atoms with Crippen molar-refractivity contribution >= 4 is 11.9 Å². The van der Waals surface area contributed by atoms with E-state index >= 15 is 0 Å². The Balaban J connectivity index is 2.68. The summed E-state index contributed by atoms with van der Waals surface area (Å²) in [6.45, 7) is 9.54. The fourth-order valence-electron chi connectivity index (χ4n) is 1.45. The summed E-state index contributed by atoms with van der Waals surface area (Å²) >= 11 is 0. The van der Waals surface area contributed by atoms with E-state index < -0.39 is 5.91 Å². The van der Waals surface area contributed by atoms with Gasteiger partial charge in [-0.1, -0.05) is 13.8 Å². The minimum Gasteiger partial charge on any atom is -0.454 e. The molecule has 112 valence electrons. The Bertz CT molecular complexity index is 465. The smallest absolute Gasteiger partial charge is 0.284 e.